The Bertz CT molecular complexity index is 777. The van der Waals surface area contributed by atoms with Crippen LogP contribution in [0, 0.1) is 0 Å². The molecule has 0 saturated carbocycles. The number of nitrogens with zero attached hydrogens (tertiary/aromatic N) is 1. The third kappa shape index (κ3) is 3.01. The van der Waals surface area contributed by atoms with Gasteiger partial charge in [0.15, 0.2) is 0 Å². The molecule has 0 fully saturated rings. The molecule has 0 amide bonds. The Morgan fingerprint density at radius 2 is 1.86 bits per heavy atom. The molecular weight excluding hydrogens is 258 g/mol. The molecule has 0 atom stereocenters. The average Bonchev–Trinajstić information content (AvgIpc) is 2.74. The monoisotopic (exact) mass is 285 g/mol. The molecule has 108 valence electrons. The van der Waals surface area contributed by atoms with Crippen molar-refractivity contribution in [2.24, 2.45) is 0 Å². The third-order valence-electron chi connectivity index (χ3n) is 3.57. The summed E-state index contributed by atoms with van der Waals surface area (Å²) in [5.41, 5.74) is 3.88. The zero-order valence-corrected chi connectivity index (χ0v) is 11.7. The first-order chi connectivity index (χ1) is 12.7. The molecule has 1 aliphatic rings. The zero-order valence-electron chi connectivity index (χ0n) is 17.7. The van der Waals surface area contributed by atoms with Gasteiger partial charge in [-0.3, -0.25) is 0 Å². The van der Waals surface area contributed by atoms with Crippen LogP contribution in [-0.2, 0) is 6.61 Å². The van der Waals surface area contributed by atoms with Crippen LogP contribution >= 0.6 is 0 Å². The number of rotatable bonds is 3. The van der Waals surface area contributed by atoms with E-state index in [0.717, 1.165) is 28.0 Å². The summed E-state index contributed by atoms with van der Waals surface area (Å²) in [4.78, 5) is 0.585. The van der Waals surface area contributed by atoms with E-state index in [0.29, 0.717) is 11.5 Å². The molecule has 0 radical (unpaired) electrons. The number of hydrogen-bond acceptors (Lipinski definition) is 2. The average molecular weight is 285 g/mol. The van der Waals surface area contributed by atoms with Gasteiger partial charge in [-0.25, -0.2) is 0 Å². The molecule has 2 aromatic rings. The molecule has 0 bridgehead atoms. The summed E-state index contributed by atoms with van der Waals surface area (Å²) in [6.07, 6.45) is 2.19. The van der Waals surface area contributed by atoms with Crippen LogP contribution in [0.1, 0.15) is 31.3 Å². The van der Waals surface area contributed by atoms with Gasteiger partial charge in [-0.05, 0) is 43.1 Å². The van der Waals surface area contributed by atoms with Crippen molar-refractivity contribution in [3.63, 3.8) is 0 Å². The normalized spacial score (nSPS) is 20.7. The lowest BCUT2D eigenvalue weighted by atomic mass is 9.93. The second-order valence-electron chi connectivity index (χ2n) is 5.00. The van der Waals surface area contributed by atoms with Crippen molar-refractivity contribution >= 4 is 5.57 Å². The van der Waals surface area contributed by atoms with Crippen molar-refractivity contribution in [2.45, 2.75) is 13.0 Å². The Balaban J connectivity index is 1.95. The van der Waals surface area contributed by atoms with Gasteiger partial charge in [0.05, 0.1) is 0 Å². The Kier molecular flexibility index (Phi) is 2.46. The van der Waals surface area contributed by atoms with E-state index in [-0.39, 0.29) is 13.0 Å². The van der Waals surface area contributed by atoms with Gasteiger partial charge in [0, 0.05) is 20.3 Å². The summed E-state index contributed by atoms with van der Waals surface area (Å²) in [7, 11) is 0. The van der Waals surface area contributed by atoms with Crippen LogP contribution < -0.4 is 4.74 Å². The quantitative estimate of drug-likeness (QED) is 0.846. The van der Waals surface area contributed by atoms with E-state index < -0.39 is 14.0 Å². The maximum Gasteiger partial charge on any atom is 0.127 e. The van der Waals surface area contributed by atoms with Crippen LogP contribution in [0.2, 0.25) is 0 Å². The molecule has 3 rings (SSSR count). The Hall–Kier alpha value is -2.06. The molecule has 1 aliphatic heterocycles. The lowest BCUT2D eigenvalue weighted by molar-refractivity contribution is 0.307. The second kappa shape index (κ2) is 6.15. The smallest absolute Gasteiger partial charge is 0.127 e. The number of ether oxygens (including phenoxy) is 1. The highest BCUT2D eigenvalue weighted by Gasteiger charge is 2.17. The molecule has 0 spiro atoms. The van der Waals surface area contributed by atoms with Crippen molar-refractivity contribution in [3.05, 3.63) is 71.3 Å². The SMILES string of the molecule is [2H]C([2H])([2H])N(CC/C=C1\c2ccccc2COc2ccccc21)C([2H])([2H])[2H]. The summed E-state index contributed by atoms with van der Waals surface area (Å²) >= 11 is 0. The summed E-state index contributed by atoms with van der Waals surface area (Å²) in [5.74, 6) is 0.753. The number of benzene rings is 2. The van der Waals surface area contributed by atoms with E-state index in [1.54, 1.807) is 0 Å². The molecule has 2 aromatic carbocycles. The molecule has 21 heavy (non-hydrogen) atoms. The van der Waals surface area contributed by atoms with Crippen LogP contribution in [-0.4, -0.2) is 25.4 Å². The Morgan fingerprint density at radius 1 is 1.10 bits per heavy atom. The predicted molar refractivity (Wildman–Crippen MR) is 87.5 cm³/mol. The molecule has 0 N–H and O–H groups in total. The fourth-order valence-corrected chi connectivity index (χ4v) is 2.58. The van der Waals surface area contributed by atoms with Gasteiger partial charge in [-0.1, -0.05) is 48.5 Å². The lowest BCUT2D eigenvalue weighted by Gasteiger charge is -2.12. The minimum Gasteiger partial charge on any atom is -0.488 e. The van der Waals surface area contributed by atoms with Crippen molar-refractivity contribution in [1.82, 2.24) is 4.90 Å². The summed E-state index contributed by atoms with van der Waals surface area (Å²) in [6, 6.07) is 15.5. The highest BCUT2D eigenvalue weighted by molar-refractivity contribution is 5.84. The largest absolute Gasteiger partial charge is 0.488 e. The topological polar surface area (TPSA) is 12.5 Å². The first-order valence-corrected chi connectivity index (χ1v) is 6.96. The number of hydrogen-bond donors (Lipinski definition) is 0. The second-order valence-corrected chi connectivity index (χ2v) is 5.00. The summed E-state index contributed by atoms with van der Waals surface area (Å²) < 4.78 is 50.9. The van der Waals surface area contributed by atoms with E-state index >= 15 is 0 Å². The van der Waals surface area contributed by atoms with Gasteiger partial charge in [0.25, 0.3) is 0 Å². The first-order valence-electron chi connectivity index (χ1n) is 9.96. The van der Waals surface area contributed by atoms with Crippen LogP contribution in [0.25, 0.3) is 5.57 Å². The van der Waals surface area contributed by atoms with E-state index in [2.05, 4.69) is 0 Å². The maximum absolute atomic E-state index is 7.50. The van der Waals surface area contributed by atoms with Gasteiger partial charge >= 0.3 is 0 Å². The van der Waals surface area contributed by atoms with Gasteiger partial charge in [-0.2, -0.15) is 0 Å². The van der Waals surface area contributed by atoms with Crippen molar-refractivity contribution in [2.75, 3.05) is 20.5 Å². The maximum atomic E-state index is 7.50. The molecule has 0 saturated heterocycles. The highest BCUT2D eigenvalue weighted by Crippen LogP contribution is 2.36. The van der Waals surface area contributed by atoms with E-state index in [9.17, 15) is 0 Å². The zero-order chi connectivity index (χ0) is 19.7. The van der Waals surface area contributed by atoms with Gasteiger partial charge in [-0.15, -0.1) is 0 Å². The van der Waals surface area contributed by atoms with E-state index in [1.165, 1.54) is 0 Å². The summed E-state index contributed by atoms with van der Waals surface area (Å²) in [6.45, 7) is -5.00. The third-order valence-corrected chi connectivity index (χ3v) is 3.57. The fraction of sp³-hybridized carbons (Fsp3) is 0.263. The molecule has 2 nitrogen and oxygen atoms in total. The molecule has 0 unspecified atom stereocenters. The van der Waals surface area contributed by atoms with Crippen LogP contribution in [0.4, 0.5) is 0 Å². The Morgan fingerprint density at radius 3 is 2.71 bits per heavy atom. The first kappa shape index (κ1) is 8.40. The van der Waals surface area contributed by atoms with Gasteiger partial charge in [0.2, 0.25) is 0 Å². The number of para-hydroxylation sites is 1. The van der Waals surface area contributed by atoms with Crippen LogP contribution in [0.5, 0.6) is 5.75 Å². The van der Waals surface area contributed by atoms with Crippen LogP contribution in [0.15, 0.2) is 54.6 Å². The predicted octanol–water partition coefficient (Wildman–Crippen LogP) is 3.96. The Labute approximate surface area is 135 Å². The van der Waals surface area contributed by atoms with Crippen molar-refractivity contribution < 1.29 is 13.0 Å². The molecule has 0 aromatic heterocycles. The van der Waals surface area contributed by atoms with E-state index in [1.807, 2.05) is 54.6 Å². The van der Waals surface area contributed by atoms with Gasteiger partial charge in [0.1, 0.15) is 12.4 Å². The van der Waals surface area contributed by atoms with Gasteiger partial charge < -0.3 is 9.64 Å². The standard InChI is InChI=1S/C19H21NO/c1-20(2)13-7-11-17-16-9-4-3-8-15(16)14-21-19-12-6-5-10-18(17)19/h3-6,8-12H,7,13-14H2,1-2H3/b17-11+/i1D3,2D3. The molecular formula is C19H21NO. The lowest BCUT2D eigenvalue weighted by Crippen LogP contribution is -2.12. The van der Waals surface area contributed by atoms with Crippen molar-refractivity contribution in [3.8, 4) is 5.75 Å². The highest BCUT2D eigenvalue weighted by atomic mass is 16.5. The minimum absolute atomic E-state index is 0.0955. The molecule has 2 heteroatoms. The minimum atomic E-state index is -2.67. The molecule has 0 aliphatic carbocycles. The summed E-state index contributed by atoms with van der Waals surface area (Å²) in [5, 5.41) is 0. The fourth-order valence-electron chi connectivity index (χ4n) is 2.58. The van der Waals surface area contributed by atoms with Crippen LogP contribution in [0.3, 0.4) is 0 Å². The number of fused-ring (bicyclic) bond motifs is 2. The van der Waals surface area contributed by atoms with Crippen molar-refractivity contribution in [1.29, 1.82) is 0 Å². The molecule has 1 heterocycles. The van der Waals surface area contributed by atoms with E-state index in [4.69, 9.17) is 13.0 Å².